The fraction of sp³-hybridized carbons (Fsp3) is 0.364. The van der Waals surface area contributed by atoms with Crippen LogP contribution in [-0.2, 0) is 6.42 Å². The molecule has 1 aliphatic heterocycles. The van der Waals surface area contributed by atoms with Crippen LogP contribution < -0.4 is 30.2 Å². The van der Waals surface area contributed by atoms with Gasteiger partial charge in [-0.2, -0.15) is 0 Å². The first kappa shape index (κ1) is 24.6. The molecule has 0 radical (unpaired) electrons. The van der Waals surface area contributed by atoms with Crippen molar-refractivity contribution in [1.82, 2.24) is 16.0 Å². The van der Waals surface area contributed by atoms with Crippen molar-refractivity contribution in [2.75, 3.05) is 40.1 Å². The molecule has 168 valence electrons. The number of nitrogens with one attached hydrogen (secondary N) is 3. The van der Waals surface area contributed by atoms with Gasteiger partial charge in [-0.3, -0.25) is 9.79 Å². The van der Waals surface area contributed by atoms with Gasteiger partial charge in [0.1, 0.15) is 5.75 Å². The normalized spacial score (nSPS) is 12.0. The minimum Gasteiger partial charge on any atom is -0.497 e. The number of hydrogen-bond acceptors (Lipinski definition) is 5. The number of guanidine groups is 1. The molecule has 3 rings (SSSR count). The number of aliphatic imine (C=N–C) groups is 1. The van der Waals surface area contributed by atoms with E-state index in [0.29, 0.717) is 36.9 Å². The second-order valence-corrected chi connectivity index (χ2v) is 6.61. The highest BCUT2D eigenvalue weighted by molar-refractivity contribution is 14.0. The second-order valence-electron chi connectivity index (χ2n) is 6.61. The number of halogens is 1. The summed E-state index contributed by atoms with van der Waals surface area (Å²) in [7, 11) is 1.58. The summed E-state index contributed by atoms with van der Waals surface area (Å²) >= 11 is 0. The number of carbonyl (C=O) groups excluding carboxylic acids is 1. The average molecular weight is 540 g/mol. The molecule has 0 aliphatic carbocycles. The number of methoxy groups -OCH3 is 1. The van der Waals surface area contributed by atoms with Gasteiger partial charge >= 0.3 is 0 Å². The Morgan fingerprint density at radius 1 is 1.06 bits per heavy atom. The van der Waals surface area contributed by atoms with Crippen LogP contribution in [0.1, 0.15) is 22.8 Å². The Kier molecular flexibility index (Phi) is 10.2. The fourth-order valence-electron chi connectivity index (χ4n) is 2.96. The highest BCUT2D eigenvalue weighted by Gasteiger charge is 2.13. The van der Waals surface area contributed by atoms with Crippen LogP contribution in [0.25, 0.3) is 0 Å². The zero-order chi connectivity index (χ0) is 21.2. The molecule has 0 aromatic heterocycles. The summed E-state index contributed by atoms with van der Waals surface area (Å²) in [5.41, 5.74) is 1.71. The summed E-state index contributed by atoms with van der Waals surface area (Å²) in [6, 6.07) is 13.0. The highest BCUT2D eigenvalue weighted by Crippen LogP contribution is 2.32. The molecule has 0 saturated carbocycles. The van der Waals surface area contributed by atoms with Crippen LogP contribution in [0.15, 0.2) is 47.5 Å². The molecule has 1 aliphatic rings. The Labute approximate surface area is 199 Å². The number of rotatable bonds is 9. The topological polar surface area (TPSA) is 93.2 Å². The van der Waals surface area contributed by atoms with E-state index in [9.17, 15) is 4.79 Å². The van der Waals surface area contributed by atoms with Gasteiger partial charge in [0.15, 0.2) is 17.5 Å². The summed E-state index contributed by atoms with van der Waals surface area (Å²) < 4.78 is 15.9. The SMILES string of the molecule is CCNC(=NCCc1ccc2c(c1)OCO2)NCCNC(=O)c1cccc(OC)c1.I. The minimum absolute atomic E-state index is 0. The maximum Gasteiger partial charge on any atom is 0.251 e. The Morgan fingerprint density at radius 2 is 1.87 bits per heavy atom. The largest absolute Gasteiger partial charge is 0.497 e. The molecule has 0 saturated heterocycles. The second kappa shape index (κ2) is 12.9. The number of amides is 1. The first-order valence-corrected chi connectivity index (χ1v) is 10.0. The maximum absolute atomic E-state index is 12.2. The van der Waals surface area contributed by atoms with E-state index >= 15 is 0 Å². The van der Waals surface area contributed by atoms with E-state index in [0.717, 1.165) is 30.0 Å². The predicted octanol–water partition coefficient (Wildman–Crippen LogP) is 2.57. The smallest absolute Gasteiger partial charge is 0.251 e. The molecule has 1 amide bonds. The molecule has 0 bridgehead atoms. The molecular formula is C22H29IN4O4. The van der Waals surface area contributed by atoms with Gasteiger partial charge in [-0.25, -0.2) is 0 Å². The Balaban J connectivity index is 0.00000341. The molecule has 2 aromatic carbocycles. The summed E-state index contributed by atoms with van der Waals surface area (Å²) in [5.74, 6) is 2.81. The van der Waals surface area contributed by atoms with Gasteiger partial charge in [-0.15, -0.1) is 24.0 Å². The third kappa shape index (κ3) is 7.50. The van der Waals surface area contributed by atoms with Crippen molar-refractivity contribution >= 4 is 35.8 Å². The standard InChI is InChI=1S/C22H28N4O4.HI/c1-3-23-22(25-10-9-16-7-8-19-20(13-16)30-15-29-19)26-12-11-24-21(27)17-5-4-6-18(14-17)28-2;/h4-8,13-14H,3,9-12,15H2,1-2H3,(H,24,27)(H2,23,25,26);1H. The minimum atomic E-state index is -0.138. The van der Waals surface area contributed by atoms with Gasteiger partial charge < -0.3 is 30.2 Å². The van der Waals surface area contributed by atoms with Gasteiger partial charge in [-0.1, -0.05) is 12.1 Å². The summed E-state index contributed by atoms with van der Waals surface area (Å²) in [5, 5.41) is 9.33. The summed E-state index contributed by atoms with van der Waals surface area (Å²) in [6.07, 6.45) is 0.791. The van der Waals surface area contributed by atoms with Crippen molar-refractivity contribution < 1.29 is 19.0 Å². The van der Waals surface area contributed by atoms with E-state index in [-0.39, 0.29) is 36.7 Å². The predicted molar refractivity (Wildman–Crippen MR) is 131 cm³/mol. The van der Waals surface area contributed by atoms with Gasteiger partial charge in [-0.05, 0) is 49.2 Å². The quantitative estimate of drug-likeness (QED) is 0.196. The van der Waals surface area contributed by atoms with E-state index in [1.54, 1.807) is 31.4 Å². The summed E-state index contributed by atoms with van der Waals surface area (Å²) in [6.45, 7) is 4.71. The van der Waals surface area contributed by atoms with E-state index in [1.165, 1.54) is 0 Å². The van der Waals surface area contributed by atoms with Crippen LogP contribution >= 0.6 is 24.0 Å². The third-order valence-corrected chi connectivity index (χ3v) is 4.49. The lowest BCUT2D eigenvalue weighted by Crippen LogP contribution is -2.41. The monoisotopic (exact) mass is 540 g/mol. The molecular weight excluding hydrogens is 511 g/mol. The first-order valence-electron chi connectivity index (χ1n) is 10.0. The molecule has 3 N–H and O–H groups in total. The van der Waals surface area contributed by atoms with Crippen LogP contribution in [0.4, 0.5) is 0 Å². The number of carbonyl (C=O) groups is 1. The molecule has 0 spiro atoms. The van der Waals surface area contributed by atoms with E-state index < -0.39 is 0 Å². The molecule has 0 atom stereocenters. The zero-order valence-electron chi connectivity index (χ0n) is 17.8. The van der Waals surface area contributed by atoms with Crippen molar-refractivity contribution in [2.45, 2.75) is 13.3 Å². The van der Waals surface area contributed by atoms with Gasteiger partial charge in [0.25, 0.3) is 5.91 Å². The molecule has 0 fully saturated rings. The first-order chi connectivity index (χ1) is 14.7. The lowest BCUT2D eigenvalue weighted by molar-refractivity contribution is 0.0954. The van der Waals surface area contributed by atoms with Crippen molar-refractivity contribution in [3.05, 3.63) is 53.6 Å². The Morgan fingerprint density at radius 3 is 2.68 bits per heavy atom. The molecule has 8 nitrogen and oxygen atoms in total. The van der Waals surface area contributed by atoms with Crippen LogP contribution in [-0.4, -0.2) is 51.9 Å². The van der Waals surface area contributed by atoms with Crippen molar-refractivity contribution in [3.63, 3.8) is 0 Å². The molecule has 31 heavy (non-hydrogen) atoms. The molecule has 0 unspecified atom stereocenters. The van der Waals surface area contributed by atoms with Crippen LogP contribution in [0.3, 0.4) is 0 Å². The molecule has 9 heteroatoms. The van der Waals surface area contributed by atoms with Crippen molar-refractivity contribution in [2.24, 2.45) is 4.99 Å². The number of hydrogen-bond donors (Lipinski definition) is 3. The van der Waals surface area contributed by atoms with Crippen molar-refractivity contribution in [3.8, 4) is 17.2 Å². The van der Waals surface area contributed by atoms with Gasteiger partial charge in [0.05, 0.1) is 7.11 Å². The van der Waals surface area contributed by atoms with Gasteiger partial charge in [0, 0.05) is 31.7 Å². The number of nitrogens with zero attached hydrogens (tertiary/aromatic N) is 1. The van der Waals surface area contributed by atoms with E-state index in [1.807, 2.05) is 25.1 Å². The number of benzene rings is 2. The van der Waals surface area contributed by atoms with E-state index in [4.69, 9.17) is 14.2 Å². The maximum atomic E-state index is 12.2. The Bertz CT molecular complexity index is 892. The van der Waals surface area contributed by atoms with Crippen molar-refractivity contribution in [1.29, 1.82) is 0 Å². The van der Waals surface area contributed by atoms with Gasteiger partial charge in [0.2, 0.25) is 6.79 Å². The number of ether oxygens (including phenoxy) is 3. The van der Waals surface area contributed by atoms with Crippen LogP contribution in [0.2, 0.25) is 0 Å². The third-order valence-electron chi connectivity index (χ3n) is 4.49. The summed E-state index contributed by atoms with van der Waals surface area (Å²) in [4.78, 5) is 16.8. The van der Waals surface area contributed by atoms with E-state index in [2.05, 4.69) is 20.9 Å². The highest BCUT2D eigenvalue weighted by atomic mass is 127. The molecule has 2 aromatic rings. The fourth-order valence-corrected chi connectivity index (χ4v) is 2.96. The molecule has 1 heterocycles. The zero-order valence-corrected chi connectivity index (χ0v) is 20.1. The lowest BCUT2D eigenvalue weighted by Gasteiger charge is -2.12. The number of fused-ring (bicyclic) bond motifs is 1. The van der Waals surface area contributed by atoms with Crippen LogP contribution in [0.5, 0.6) is 17.2 Å². The van der Waals surface area contributed by atoms with Crippen LogP contribution in [0, 0.1) is 0 Å². The Hall–Kier alpha value is -2.69. The lowest BCUT2D eigenvalue weighted by atomic mass is 10.1. The average Bonchev–Trinajstić information content (AvgIpc) is 3.24.